The van der Waals surface area contributed by atoms with Gasteiger partial charge in [0.05, 0.1) is 4.92 Å². The molecule has 1 saturated heterocycles. The Labute approximate surface area is 185 Å². The van der Waals surface area contributed by atoms with E-state index in [0.717, 1.165) is 17.2 Å². The number of benzene rings is 1. The van der Waals surface area contributed by atoms with Gasteiger partial charge < -0.3 is 4.90 Å². The first-order chi connectivity index (χ1) is 14.5. The summed E-state index contributed by atoms with van der Waals surface area (Å²) in [6.07, 6.45) is -4.99. The summed E-state index contributed by atoms with van der Waals surface area (Å²) < 4.78 is 39.9. The zero-order valence-corrected chi connectivity index (χ0v) is 17.8. The topological polar surface area (TPSA) is 84.5 Å². The van der Waals surface area contributed by atoms with E-state index in [4.69, 9.17) is 23.2 Å². The quantitative estimate of drug-likeness (QED) is 0.481. The molecule has 0 saturated carbocycles. The summed E-state index contributed by atoms with van der Waals surface area (Å²) in [4.78, 5) is 26.1. The van der Waals surface area contributed by atoms with E-state index < -0.39 is 34.9 Å². The highest BCUT2D eigenvalue weighted by Crippen LogP contribution is 2.37. The number of halogens is 5. The lowest BCUT2D eigenvalue weighted by atomic mass is 10.2. The van der Waals surface area contributed by atoms with Gasteiger partial charge in [-0.1, -0.05) is 29.3 Å². The number of carbonyl (C=O) groups is 1. The van der Waals surface area contributed by atoms with Crippen LogP contribution in [0.15, 0.2) is 18.2 Å². The van der Waals surface area contributed by atoms with Gasteiger partial charge in [0.2, 0.25) is 11.6 Å². The number of hydrogen-bond donors (Lipinski definition) is 0. The van der Waals surface area contributed by atoms with Gasteiger partial charge >= 0.3 is 11.9 Å². The Balaban J connectivity index is 1.63. The summed E-state index contributed by atoms with van der Waals surface area (Å²) in [5.41, 5.74) is -2.16. The zero-order valence-electron chi connectivity index (χ0n) is 16.3. The predicted molar refractivity (Wildman–Crippen MR) is 107 cm³/mol. The van der Waals surface area contributed by atoms with Crippen molar-refractivity contribution >= 4 is 34.8 Å². The average Bonchev–Trinajstić information content (AvgIpc) is 3.01. The number of aromatic nitrogens is 2. The highest BCUT2D eigenvalue weighted by molar-refractivity contribution is 6.35. The van der Waals surface area contributed by atoms with Crippen molar-refractivity contribution in [2.24, 2.45) is 0 Å². The van der Waals surface area contributed by atoms with E-state index in [9.17, 15) is 28.1 Å². The molecule has 0 atom stereocenters. The normalized spacial score (nSPS) is 15.4. The first-order valence-electron chi connectivity index (χ1n) is 9.20. The van der Waals surface area contributed by atoms with Crippen molar-refractivity contribution in [1.82, 2.24) is 19.6 Å². The van der Waals surface area contributed by atoms with Crippen LogP contribution >= 0.6 is 23.2 Å². The summed E-state index contributed by atoms with van der Waals surface area (Å²) in [7, 11) is 0. The first-order valence-corrected chi connectivity index (χ1v) is 9.96. The number of rotatable bonds is 5. The summed E-state index contributed by atoms with van der Waals surface area (Å²) in [5.74, 6) is -0.460. The van der Waals surface area contributed by atoms with Crippen LogP contribution in [0.25, 0.3) is 0 Å². The molecule has 1 aliphatic rings. The lowest BCUT2D eigenvalue weighted by molar-refractivity contribution is -0.388. The summed E-state index contributed by atoms with van der Waals surface area (Å²) in [6, 6.07) is 5.22. The molecule has 1 aliphatic heterocycles. The number of nitrogens with zero attached hydrogens (tertiary/aromatic N) is 5. The van der Waals surface area contributed by atoms with Crippen molar-refractivity contribution in [2.45, 2.75) is 26.2 Å². The lowest BCUT2D eigenvalue weighted by Gasteiger charge is -2.35. The number of carbonyl (C=O) groups excluding carboxylic acids is 1. The van der Waals surface area contributed by atoms with E-state index in [1.165, 1.54) is 4.90 Å². The molecule has 1 aromatic heterocycles. The van der Waals surface area contributed by atoms with Crippen LogP contribution in [-0.2, 0) is 24.1 Å². The Morgan fingerprint density at radius 3 is 2.39 bits per heavy atom. The highest BCUT2D eigenvalue weighted by atomic mass is 35.5. The Hall–Kier alpha value is -2.37. The van der Waals surface area contributed by atoms with E-state index in [-0.39, 0.29) is 5.69 Å². The van der Waals surface area contributed by atoms with Crippen LogP contribution in [0, 0.1) is 17.0 Å². The van der Waals surface area contributed by atoms with E-state index >= 15 is 0 Å². The second-order valence-electron chi connectivity index (χ2n) is 7.09. The van der Waals surface area contributed by atoms with Crippen LogP contribution < -0.4 is 0 Å². The number of piperazine rings is 1. The third kappa shape index (κ3) is 5.28. The van der Waals surface area contributed by atoms with Gasteiger partial charge in [-0.15, -0.1) is 0 Å². The Bertz CT molecular complexity index is 1000. The molecule has 3 rings (SSSR count). The Morgan fingerprint density at radius 1 is 1.23 bits per heavy atom. The predicted octanol–water partition coefficient (Wildman–Crippen LogP) is 3.77. The smallest absolute Gasteiger partial charge is 0.339 e. The van der Waals surface area contributed by atoms with Gasteiger partial charge in [-0.25, -0.2) is 0 Å². The molecule has 2 aromatic rings. The summed E-state index contributed by atoms with van der Waals surface area (Å²) >= 11 is 12.1. The second-order valence-corrected chi connectivity index (χ2v) is 7.93. The van der Waals surface area contributed by atoms with E-state index in [2.05, 4.69) is 10.00 Å². The molecule has 0 unspecified atom stereocenters. The standard InChI is InChI=1S/C18H18Cl2F3N5O3/c1-11-16(28(30)31)17(18(21,22)23)24-27(11)10-15(29)26-6-4-25(5-7-26)9-12-2-3-13(19)8-14(12)20/h2-3,8H,4-7,9-10H2,1H3. The van der Waals surface area contributed by atoms with Gasteiger partial charge in [0.1, 0.15) is 12.2 Å². The van der Waals surface area contributed by atoms with E-state index in [1.54, 1.807) is 12.1 Å². The van der Waals surface area contributed by atoms with Crippen molar-refractivity contribution < 1.29 is 22.9 Å². The number of hydrogen-bond acceptors (Lipinski definition) is 5. The van der Waals surface area contributed by atoms with Crippen molar-refractivity contribution in [3.8, 4) is 0 Å². The minimum absolute atomic E-state index is 0.318. The maximum Gasteiger partial charge on any atom is 0.442 e. The fourth-order valence-corrected chi connectivity index (χ4v) is 3.84. The van der Waals surface area contributed by atoms with Crippen LogP contribution in [0.1, 0.15) is 17.0 Å². The summed E-state index contributed by atoms with van der Waals surface area (Å²) in [5, 5.41) is 15.4. The number of nitro groups is 1. The Kier molecular flexibility index (Phi) is 6.77. The van der Waals surface area contributed by atoms with E-state index in [0.29, 0.717) is 42.8 Å². The molecule has 0 N–H and O–H groups in total. The maximum absolute atomic E-state index is 13.1. The molecular formula is C18H18Cl2F3N5O3. The number of alkyl halides is 3. The van der Waals surface area contributed by atoms with Gasteiger partial charge in [0.15, 0.2) is 0 Å². The molecule has 8 nitrogen and oxygen atoms in total. The molecule has 1 aromatic carbocycles. The monoisotopic (exact) mass is 479 g/mol. The second kappa shape index (κ2) is 9.01. The SMILES string of the molecule is Cc1c([N+](=O)[O-])c(C(F)(F)F)nn1CC(=O)N1CCN(Cc2ccc(Cl)cc2Cl)CC1. The maximum atomic E-state index is 13.1. The summed E-state index contributed by atoms with van der Waals surface area (Å²) in [6.45, 7) is 3.00. The molecule has 31 heavy (non-hydrogen) atoms. The van der Waals surface area contributed by atoms with E-state index in [1.807, 2.05) is 6.07 Å². The van der Waals surface area contributed by atoms with Gasteiger partial charge in [0, 0.05) is 42.8 Å². The Morgan fingerprint density at radius 2 is 1.87 bits per heavy atom. The van der Waals surface area contributed by atoms with Crippen LogP contribution in [-0.4, -0.2) is 56.6 Å². The van der Waals surface area contributed by atoms with Crippen LogP contribution in [0.3, 0.4) is 0 Å². The fraction of sp³-hybridized carbons (Fsp3) is 0.444. The molecule has 168 valence electrons. The van der Waals surface area contributed by atoms with Crippen LogP contribution in [0.2, 0.25) is 10.0 Å². The number of amides is 1. The first kappa shape index (κ1) is 23.3. The van der Waals surface area contributed by atoms with Crippen molar-refractivity contribution in [3.63, 3.8) is 0 Å². The molecule has 0 radical (unpaired) electrons. The third-order valence-electron chi connectivity index (χ3n) is 5.05. The molecule has 2 heterocycles. The third-order valence-corrected chi connectivity index (χ3v) is 5.63. The minimum atomic E-state index is -4.99. The molecule has 0 spiro atoms. The fourth-order valence-electron chi connectivity index (χ4n) is 3.37. The molecule has 1 fully saturated rings. The molecular weight excluding hydrogens is 462 g/mol. The van der Waals surface area contributed by atoms with Crippen LogP contribution in [0.5, 0.6) is 0 Å². The molecule has 0 aliphatic carbocycles. The van der Waals surface area contributed by atoms with Crippen molar-refractivity contribution in [1.29, 1.82) is 0 Å². The van der Waals surface area contributed by atoms with Gasteiger partial charge in [0.25, 0.3) is 0 Å². The average molecular weight is 480 g/mol. The minimum Gasteiger partial charge on any atom is -0.339 e. The zero-order chi connectivity index (χ0) is 22.9. The lowest BCUT2D eigenvalue weighted by Crippen LogP contribution is -2.49. The van der Waals surface area contributed by atoms with Gasteiger partial charge in [-0.2, -0.15) is 18.3 Å². The highest BCUT2D eigenvalue weighted by Gasteiger charge is 2.44. The molecule has 13 heteroatoms. The van der Waals surface area contributed by atoms with Crippen molar-refractivity contribution in [3.05, 3.63) is 55.3 Å². The van der Waals surface area contributed by atoms with Crippen LogP contribution in [0.4, 0.5) is 18.9 Å². The van der Waals surface area contributed by atoms with Crippen molar-refractivity contribution in [2.75, 3.05) is 26.2 Å². The van der Waals surface area contributed by atoms with Gasteiger partial charge in [-0.05, 0) is 24.6 Å². The molecule has 0 bridgehead atoms. The molecule has 1 amide bonds. The largest absolute Gasteiger partial charge is 0.442 e. The van der Waals surface area contributed by atoms with Gasteiger partial charge in [-0.3, -0.25) is 24.5 Å².